The zero-order valence-corrected chi connectivity index (χ0v) is 16.1. The fourth-order valence-corrected chi connectivity index (χ4v) is 3.41. The molecule has 0 aliphatic rings. The third-order valence-electron chi connectivity index (χ3n) is 3.97. The van der Waals surface area contributed by atoms with Crippen molar-refractivity contribution in [3.63, 3.8) is 0 Å². The van der Waals surface area contributed by atoms with Gasteiger partial charge in [0.25, 0.3) is 5.91 Å². The van der Waals surface area contributed by atoms with E-state index in [2.05, 4.69) is 20.6 Å². The summed E-state index contributed by atoms with van der Waals surface area (Å²) >= 11 is 1.34. The van der Waals surface area contributed by atoms with Gasteiger partial charge in [-0.05, 0) is 13.0 Å². The first-order valence-electron chi connectivity index (χ1n) is 8.35. The summed E-state index contributed by atoms with van der Waals surface area (Å²) in [5, 5.41) is 9.91. The van der Waals surface area contributed by atoms with Crippen molar-refractivity contribution in [3.05, 3.63) is 35.1 Å². The van der Waals surface area contributed by atoms with Gasteiger partial charge in [0.2, 0.25) is 0 Å². The van der Waals surface area contributed by atoms with Gasteiger partial charge in [0.05, 0.1) is 31.8 Å². The lowest BCUT2D eigenvalue weighted by Crippen LogP contribution is -2.22. The molecule has 0 saturated heterocycles. The number of pyridine rings is 1. The van der Waals surface area contributed by atoms with Gasteiger partial charge in [0, 0.05) is 35.3 Å². The van der Waals surface area contributed by atoms with Crippen molar-refractivity contribution in [2.45, 2.75) is 13.5 Å². The zero-order valence-electron chi connectivity index (χ0n) is 15.3. The van der Waals surface area contributed by atoms with E-state index < -0.39 is 0 Å². The Hall–Kier alpha value is -2.91. The predicted octanol–water partition coefficient (Wildman–Crippen LogP) is 2.66. The van der Waals surface area contributed by atoms with E-state index in [1.54, 1.807) is 31.9 Å². The summed E-state index contributed by atoms with van der Waals surface area (Å²) in [6, 6.07) is 3.68. The number of nitrogens with zero attached hydrogens (tertiary/aromatic N) is 2. The molecule has 9 heteroatoms. The van der Waals surface area contributed by atoms with Crippen LogP contribution in [0.1, 0.15) is 23.1 Å². The molecule has 0 aliphatic carbocycles. The summed E-state index contributed by atoms with van der Waals surface area (Å²) in [6.45, 7) is 2.69. The molecule has 8 nitrogen and oxygen atoms in total. The molecule has 142 valence electrons. The highest BCUT2D eigenvalue weighted by atomic mass is 32.1. The van der Waals surface area contributed by atoms with Crippen LogP contribution in [-0.2, 0) is 6.54 Å². The van der Waals surface area contributed by atoms with E-state index in [0.29, 0.717) is 28.9 Å². The molecule has 1 amide bonds. The van der Waals surface area contributed by atoms with Crippen molar-refractivity contribution < 1.29 is 14.3 Å². The number of anilines is 2. The van der Waals surface area contributed by atoms with Crippen molar-refractivity contribution in [2.75, 3.05) is 26.1 Å². The average molecular weight is 387 g/mol. The standard InChI is InChI=1S/C18H21N5O3S/c1-4-20-17(24)14-9-27-18(23-14)22-13-8-21-12(7-19)16-11(13)5-10(25-2)6-15(16)26-3/h5-6,8-9H,4,7,19H2,1-3H3,(H,20,24)(H,22,23). The smallest absolute Gasteiger partial charge is 0.270 e. The molecule has 0 fully saturated rings. The zero-order chi connectivity index (χ0) is 19.4. The van der Waals surface area contributed by atoms with Crippen molar-refractivity contribution in [1.29, 1.82) is 0 Å². The van der Waals surface area contributed by atoms with Gasteiger partial charge in [-0.3, -0.25) is 9.78 Å². The van der Waals surface area contributed by atoms with Crippen molar-refractivity contribution >= 4 is 38.8 Å². The first-order chi connectivity index (χ1) is 13.1. The van der Waals surface area contributed by atoms with E-state index in [-0.39, 0.29) is 12.5 Å². The molecule has 0 atom stereocenters. The number of rotatable bonds is 7. The van der Waals surface area contributed by atoms with Crippen LogP contribution in [0.2, 0.25) is 0 Å². The summed E-state index contributed by atoms with van der Waals surface area (Å²) in [5.41, 5.74) is 7.66. The molecule has 3 aromatic rings. The second-order valence-electron chi connectivity index (χ2n) is 5.60. The summed E-state index contributed by atoms with van der Waals surface area (Å²) in [7, 11) is 3.19. The van der Waals surface area contributed by atoms with Crippen LogP contribution in [0.15, 0.2) is 23.7 Å². The summed E-state index contributed by atoms with van der Waals surface area (Å²) < 4.78 is 10.9. The van der Waals surface area contributed by atoms with Crippen LogP contribution in [0.4, 0.5) is 10.8 Å². The minimum Gasteiger partial charge on any atom is -0.497 e. The number of nitrogens with two attached hydrogens (primary N) is 1. The van der Waals surface area contributed by atoms with Crippen LogP contribution in [0.25, 0.3) is 10.8 Å². The van der Waals surface area contributed by atoms with Crippen molar-refractivity contribution in [1.82, 2.24) is 15.3 Å². The Bertz CT molecular complexity index is 973. The van der Waals surface area contributed by atoms with Crippen LogP contribution >= 0.6 is 11.3 Å². The Morgan fingerprint density at radius 1 is 1.30 bits per heavy atom. The molecule has 0 bridgehead atoms. The van der Waals surface area contributed by atoms with Crippen LogP contribution in [-0.4, -0.2) is 36.6 Å². The molecule has 27 heavy (non-hydrogen) atoms. The number of fused-ring (bicyclic) bond motifs is 1. The van der Waals surface area contributed by atoms with E-state index in [4.69, 9.17) is 15.2 Å². The summed E-state index contributed by atoms with van der Waals surface area (Å²) in [6.07, 6.45) is 1.69. The maximum absolute atomic E-state index is 11.9. The van der Waals surface area contributed by atoms with Gasteiger partial charge in [-0.15, -0.1) is 11.3 Å². The fraction of sp³-hybridized carbons (Fsp3) is 0.278. The van der Waals surface area contributed by atoms with E-state index in [1.165, 1.54) is 11.3 Å². The maximum Gasteiger partial charge on any atom is 0.270 e. The SMILES string of the molecule is CCNC(=O)c1csc(Nc2cnc(CN)c3c(OC)cc(OC)cc23)n1. The van der Waals surface area contributed by atoms with Crippen LogP contribution < -0.4 is 25.8 Å². The van der Waals surface area contributed by atoms with E-state index >= 15 is 0 Å². The Labute approximate surface area is 160 Å². The molecule has 0 spiro atoms. The predicted molar refractivity (Wildman–Crippen MR) is 106 cm³/mol. The molecule has 1 aromatic carbocycles. The normalized spacial score (nSPS) is 10.7. The highest BCUT2D eigenvalue weighted by Crippen LogP contribution is 2.37. The van der Waals surface area contributed by atoms with Crippen LogP contribution in [0.5, 0.6) is 11.5 Å². The Kier molecular flexibility index (Phi) is 5.72. The second kappa shape index (κ2) is 8.19. The maximum atomic E-state index is 11.9. The van der Waals surface area contributed by atoms with Crippen molar-refractivity contribution in [2.24, 2.45) is 5.73 Å². The number of aromatic nitrogens is 2. The van der Waals surface area contributed by atoms with Crippen molar-refractivity contribution in [3.8, 4) is 11.5 Å². The Morgan fingerprint density at radius 3 is 2.78 bits per heavy atom. The number of methoxy groups -OCH3 is 2. The molecule has 2 heterocycles. The molecular weight excluding hydrogens is 366 g/mol. The molecular formula is C18H21N5O3S. The monoisotopic (exact) mass is 387 g/mol. The van der Waals surface area contributed by atoms with Gasteiger partial charge in [-0.1, -0.05) is 0 Å². The summed E-state index contributed by atoms with van der Waals surface area (Å²) in [5.74, 6) is 1.08. The topological polar surface area (TPSA) is 111 Å². The van der Waals surface area contributed by atoms with E-state index in [9.17, 15) is 4.79 Å². The minimum absolute atomic E-state index is 0.202. The molecule has 0 radical (unpaired) electrons. The quantitative estimate of drug-likeness (QED) is 0.571. The molecule has 2 aromatic heterocycles. The number of hydrogen-bond donors (Lipinski definition) is 3. The molecule has 0 unspecified atom stereocenters. The third-order valence-corrected chi connectivity index (χ3v) is 4.73. The number of carbonyl (C=O) groups excluding carboxylic acids is 1. The van der Waals surface area contributed by atoms with Crippen LogP contribution in [0.3, 0.4) is 0 Å². The van der Waals surface area contributed by atoms with E-state index in [0.717, 1.165) is 22.2 Å². The van der Waals surface area contributed by atoms with Gasteiger partial charge in [-0.2, -0.15) is 0 Å². The first kappa shape index (κ1) is 18.9. The number of carbonyl (C=O) groups is 1. The molecule has 4 N–H and O–H groups in total. The highest BCUT2D eigenvalue weighted by molar-refractivity contribution is 7.14. The number of nitrogens with one attached hydrogen (secondary N) is 2. The largest absolute Gasteiger partial charge is 0.497 e. The minimum atomic E-state index is -0.202. The second-order valence-corrected chi connectivity index (χ2v) is 6.46. The highest BCUT2D eigenvalue weighted by Gasteiger charge is 2.16. The number of hydrogen-bond acceptors (Lipinski definition) is 8. The van der Waals surface area contributed by atoms with Gasteiger partial charge < -0.3 is 25.8 Å². The van der Waals surface area contributed by atoms with Gasteiger partial charge >= 0.3 is 0 Å². The lowest BCUT2D eigenvalue weighted by molar-refractivity contribution is 0.0951. The third kappa shape index (κ3) is 3.79. The number of ether oxygens (including phenoxy) is 2. The molecule has 0 aliphatic heterocycles. The lowest BCUT2D eigenvalue weighted by Gasteiger charge is -2.14. The van der Waals surface area contributed by atoms with Gasteiger partial charge in [0.15, 0.2) is 5.13 Å². The Morgan fingerprint density at radius 2 is 2.11 bits per heavy atom. The van der Waals surface area contributed by atoms with Gasteiger partial charge in [0.1, 0.15) is 17.2 Å². The van der Waals surface area contributed by atoms with Gasteiger partial charge in [-0.25, -0.2) is 4.98 Å². The first-order valence-corrected chi connectivity index (χ1v) is 9.23. The number of amides is 1. The van der Waals surface area contributed by atoms with Crippen LogP contribution in [0, 0.1) is 0 Å². The number of benzene rings is 1. The molecule has 3 rings (SSSR count). The average Bonchev–Trinajstić information content (AvgIpc) is 3.16. The Balaban J connectivity index is 2.05. The van der Waals surface area contributed by atoms with E-state index in [1.807, 2.05) is 13.0 Å². The fourth-order valence-electron chi connectivity index (χ4n) is 2.71. The summed E-state index contributed by atoms with van der Waals surface area (Å²) in [4.78, 5) is 20.7. The lowest BCUT2D eigenvalue weighted by atomic mass is 10.1. The molecule has 0 saturated carbocycles. The number of thiazole rings is 1.